The smallest absolute Gasteiger partial charge is 0.131 e. The van der Waals surface area contributed by atoms with Crippen LogP contribution in [0, 0.1) is 17.1 Å². The highest BCUT2D eigenvalue weighted by atomic mass is 35.5. The molecule has 0 saturated heterocycles. The molecule has 0 N–H and O–H groups in total. The van der Waals surface area contributed by atoms with Crippen LogP contribution >= 0.6 is 11.6 Å². The van der Waals surface area contributed by atoms with Gasteiger partial charge in [-0.15, -0.1) is 11.6 Å². The number of hydrogen-bond acceptors (Lipinski definition) is 2. The van der Waals surface area contributed by atoms with Crippen molar-refractivity contribution in [2.45, 2.75) is 12.5 Å². The fourth-order valence-corrected chi connectivity index (χ4v) is 1.75. The Morgan fingerprint density at radius 1 is 1.16 bits per heavy atom. The molecule has 0 radical (unpaired) electrons. The van der Waals surface area contributed by atoms with Gasteiger partial charge in [-0.1, -0.05) is 18.2 Å². The Labute approximate surface area is 116 Å². The van der Waals surface area contributed by atoms with Crippen LogP contribution in [0.4, 0.5) is 4.39 Å². The van der Waals surface area contributed by atoms with E-state index < -0.39 is 5.82 Å². The van der Waals surface area contributed by atoms with E-state index in [1.165, 1.54) is 6.07 Å². The molecule has 0 heterocycles. The summed E-state index contributed by atoms with van der Waals surface area (Å²) < 4.78 is 19.1. The van der Waals surface area contributed by atoms with Crippen molar-refractivity contribution in [1.82, 2.24) is 0 Å². The van der Waals surface area contributed by atoms with Crippen LogP contribution in [-0.2, 0) is 12.5 Å². The van der Waals surface area contributed by atoms with Gasteiger partial charge in [0, 0.05) is 11.4 Å². The van der Waals surface area contributed by atoms with Gasteiger partial charge in [-0.25, -0.2) is 4.39 Å². The molecule has 0 aliphatic heterocycles. The predicted octanol–water partition coefficient (Wildman–Crippen LogP) is 4.02. The first kappa shape index (κ1) is 13.4. The second-order valence-corrected chi connectivity index (χ2v) is 4.25. The van der Waals surface area contributed by atoms with E-state index in [4.69, 9.17) is 21.6 Å². The lowest BCUT2D eigenvalue weighted by molar-refractivity contribution is 0.300. The predicted molar refractivity (Wildman–Crippen MR) is 71.4 cm³/mol. The zero-order valence-electron chi connectivity index (χ0n) is 10.1. The maximum absolute atomic E-state index is 13.6. The van der Waals surface area contributed by atoms with Crippen molar-refractivity contribution in [3.8, 4) is 11.8 Å². The summed E-state index contributed by atoms with van der Waals surface area (Å²) in [5.74, 6) is 0.666. The summed E-state index contributed by atoms with van der Waals surface area (Å²) in [6.07, 6.45) is 0. The van der Waals surface area contributed by atoms with E-state index in [2.05, 4.69) is 0 Å². The van der Waals surface area contributed by atoms with Crippen LogP contribution < -0.4 is 4.74 Å². The van der Waals surface area contributed by atoms with Crippen molar-refractivity contribution < 1.29 is 9.13 Å². The molecule has 2 nitrogen and oxygen atoms in total. The molecule has 2 aromatic rings. The van der Waals surface area contributed by atoms with Crippen molar-refractivity contribution in [2.24, 2.45) is 0 Å². The van der Waals surface area contributed by atoms with Crippen LogP contribution in [0.1, 0.15) is 16.7 Å². The van der Waals surface area contributed by atoms with Gasteiger partial charge < -0.3 is 4.74 Å². The van der Waals surface area contributed by atoms with Gasteiger partial charge in [0.25, 0.3) is 0 Å². The topological polar surface area (TPSA) is 33.0 Å². The first-order valence-corrected chi connectivity index (χ1v) is 6.22. The number of halogens is 2. The first-order chi connectivity index (χ1) is 9.22. The van der Waals surface area contributed by atoms with Gasteiger partial charge >= 0.3 is 0 Å². The fourth-order valence-electron chi connectivity index (χ4n) is 1.57. The van der Waals surface area contributed by atoms with E-state index in [0.29, 0.717) is 22.8 Å². The van der Waals surface area contributed by atoms with Crippen LogP contribution in [0.25, 0.3) is 0 Å². The van der Waals surface area contributed by atoms with E-state index >= 15 is 0 Å². The van der Waals surface area contributed by atoms with Gasteiger partial charge in [-0.3, -0.25) is 0 Å². The molecule has 2 aromatic carbocycles. The Kier molecular flexibility index (Phi) is 4.38. The standard InChI is InChI=1S/C15H11ClFNO/c16-8-11-2-5-14(6-3-11)19-10-13-4-1-12(9-18)7-15(13)17/h1-7H,8,10H2. The van der Waals surface area contributed by atoms with E-state index in [9.17, 15) is 4.39 Å². The molecule has 0 atom stereocenters. The Morgan fingerprint density at radius 3 is 2.47 bits per heavy atom. The maximum atomic E-state index is 13.6. The summed E-state index contributed by atoms with van der Waals surface area (Å²) in [6.45, 7) is 0.123. The van der Waals surface area contributed by atoms with Gasteiger partial charge in [0.15, 0.2) is 0 Å². The molecule has 0 spiro atoms. The van der Waals surface area contributed by atoms with Crippen molar-refractivity contribution in [3.63, 3.8) is 0 Å². The molecule has 0 aliphatic carbocycles. The third-order valence-corrected chi connectivity index (χ3v) is 2.96. The SMILES string of the molecule is N#Cc1ccc(COc2ccc(CCl)cc2)c(F)c1. The lowest BCUT2D eigenvalue weighted by atomic mass is 10.1. The highest BCUT2D eigenvalue weighted by Gasteiger charge is 2.04. The lowest BCUT2D eigenvalue weighted by Gasteiger charge is -2.07. The van der Waals surface area contributed by atoms with Crippen LogP contribution in [0.15, 0.2) is 42.5 Å². The van der Waals surface area contributed by atoms with Crippen LogP contribution in [0.5, 0.6) is 5.75 Å². The Morgan fingerprint density at radius 2 is 1.89 bits per heavy atom. The normalized spacial score (nSPS) is 9.95. The number of rotatable bonds is 4. The number of nitriles is 1. The van der Waals surface area contributed by atoms with Gasteiger partial charge in [0.1, 0.15) is 18.2 Å². The van der Waals surface area contributed by atoms with E-state index in [-0.39, 0.29) is 6.61 Å². The zero-order chi connectivity index (χ0) is 13.7. The minimum atomic E-state index is -0.434. The minimum Gasteiger partial charge on any atom is -0.489 e. The zero-order valence-corrected chi connectivity index (χ0v) is 10.8. The largest absolute Gasteiger partial charge is 0.489 e. The lowest BCUT2D eigenvalue weighted by Crippen LogP contribution is -1.99. The average Bonchev–Trinajstić information content (AvgIpc) is 2.46. The van der Waals surface area contributed by atoms with Gasteiger partial charge in [-0.2, -0.15) is 5.26 Å². The molecule has 19 heavy (non-hydrogen) atoms. The summed E-state index contributed by atoms with van der Waals surface area (Å²) >= 11 is 5.68. The van der Waals surface area contributed by atoms with Crippen LogP contribution in [0.2, 0.25) is 0 Å². The monoisotopic (exact) mass is 275 g/mol. The molecule has 2 rings (SSSR count). The van der Waals surface area contributed by atoms with Crippen molar-refractivity contribution in [1.29, 1.82) is 5.26 Å². The Bertz CT molecular complexity index is 605. The molecule has 0 saturated carbocycles. The summed E-state index contributed by atoms with van der Waals surface area (Å²) in [6, 6.07) is 13.5. The second-order valence-electron chi connectivity index (χ2n) is 3.98. The summed E-state index contributed by atoms with van der Waals surface area (Å²) in [4.78, 5) is 0. The van der Waals surface area contributed by atoms with Crippen molar-refractivity contribution in [2.75, 3.05) is 0 Å². The molecule has 0 fully saturated rings. The highest BCUT2D eigenvalue weighted by molar-refractivity contribution is 6.17. The molecule has 0 unspecified atom stereocenters. The molecule has 0 amide bonds. The quantitative estimate of drug-likeness (QED) is 0.790. The number of benzene rings is 2. The second kappa shape index (κ2) is 6.21. The van der Waals surface area contributed by atoms with E-state index in [1.54, 1.807) is 24.3 Å². The third kappa shape index (κ3) is 3.46. The molecule has 0 aliphatic rings. The summed E-state index contributed by atoms with van der Waals surface area (Å²) in [5.41, 5.74) is 1.71. The van der Waals surface area contributed by atoms with Crippen LogP contribution in [0.3, 0.4) is 0 Å². The third-order valence-electron chi connectivity index (χ3n) is 2.65. The van der Waals surface area contributed by atoms with Gasteiger partial charge in [0.2, 0.25) is 0 Å². The average molecular weight is 276 g/mol. The van der Waals surface area contributed by atoms with Gasteiger partial charge in [-0.05, 0) is 29.8 Å². The van der Waals surface area contributed by atoms with E-state index in [1.807, 2.05) is 18.2 Å². The molecular formula is C15H11ClFNO. The minimum absolute atomic E-state index is 0.123. The number of alkyl halides is 1. The maximum Gasteiger partial charge on any atom is 0.131 e. The fraction of sp³-hybridized carbons (Fsp3) is 0.133. The Hall–Kier alpha value is -2.05. The molecule has 0 bridgehead atoms. The molecule has 96 valence electrons. The summed E-state index contributed by atoms with van der Waals surface area (Å²) in [5, 5.41) is 8.65. The number of nitrogens with zero attached hydrogens (tertiary/aromatic N) is 1. The highest BCUT2D eigenvalue weighted by Crippen LogP contribution is 2.17. The Balaban J connectivity index is 2.04. The molecular weight excluding hydrogens is 265 g/mol. The van der Waals surface area contributed by atoms with E-state index in [0.717, 1.165) is 5.56 Å². The first-order valence-electron chi connectivity index (χ1n) is 5.69. The summed E-state index contributed by atoms with van der Waals surface area (Å²) in [7, 11) is 0. The number of hydrogen-bond donors (Lipinski definition) is 0. The molecule has 0 aromatic heterocycles. The molecule has 4 heteroatoms. The van der Waals surface area contributed by atoms with Crippen molar-refractivity contribution in [3.05, 3.63) is 65.0 Å². The van der Waals surface area contributed by atoms with Crippen LogP contribution in [-0.4, -0.2) is 0 Å². The van der Waals surface area contributed by atoms with Crippen molar-refractivity contribution >= 4 is 11.6 Å². The van der Waals surface area contributed by atoms with Gasteiger partial charge in [0.05, 0.1) is 11.6 Å². The number of ether oxygens (including phenoxy) is 1.